The molecule has 0 unspecified atom stereocenters. The van der Waals surface area contributed by atoms with Crippen molar-refractivity contribution in [3.8, 4) is 0 Å². The van der Waals surface area contributed by atoms with E-state index in [1.807, 2.05) is 67.6 Å². The van der Waals surface area contributed by atoms with Crippen LogP contribution in [0.5, 0.6) is 0 Å². The van der Waals surface area contributed by atoms with Crippen molar-refractivity contribution in [2.75, 3.05) is 0 Å². The maximum absolute atomic E-state index is 12.6. The van der Waals surface area contributed by atoms with E-state index in [4.69, 9.17) is 0 Å². The summed E-state index contributed by atoms with van der Waals surface area (Å²) >= 11 is 3.54. The van der Waals surface area contributed by atoms with Crippen molar-refractivity contribution in [2.24, 2.45) is 0 Å². The molecule has 0 saturated carbocycles. The molecule has 104 valence electrons. The number of fused-ring (bicyclic) bond motifs is 1. The summed E-state index contributed by atoms with van der Waals surface area (Å²) in [5.74, 6) is 0.155. The number of carbonyl (C=O) groups is 1. The Morgan fingerprint density at radius 3 is 2.29 bits per heavy atom. The van der Waals surface area contributed by atoms with Gasteiger partial charge in [0.2, 0.25) is 0 Å². The van der Waals surface area contributed by atoms with Gasteiger partial charge in [-0.1, -0.05) is 70.0 Å². The van der Waals surface area contributed by atoms with Gasteiger partial charge < -0.3 is 0 Å². The average molecular weight is 339 g/mol. The topological polar surface area (TPSA) is 17.1 Å². The van der Waals surface area contributed by atoms with E-state index in [0.717, 1.165) is 26.4 Å². The molecule has 0 N–H and O–H groups in total. The molecule has 0 fully saturated rings. The summed E-state index contributed by atoms with van der Waals surface area (Å²) in [7, 11) is 0. The van der Waals surface area contributed by atoms with Crippen LogP contribution < -0.4 is 0 Å². The largest absolute Gasteiger partial charge is 0.294 e. The first-order valence-corrected chi connectivity index (χ1v) is 7.70. The Morgan fingerprint density at radius 2 is 1.57 bits per heavy atom. The quantitative estimate of drug-likeness (QED) is 0.589. The molecule has 1 nitrogen and oxygen atoms in total. The molecule has 0 radical (unpaired) electrons. The third-order valence-corrected chi connectivity index (χ3v) is 4.35. The number of benzene rings is 3. The van der Waals surface area contributed by atoms with Gasteiger partial charge in [-0.05, 0) is 35.4 Å². The van der Waals surface area contributed by atoms with Crippen molar-refractivity contribution in [1.29, 1.82) is 0 Å². The first-order chi connectivity index (χ1) is 10.1. The minimum atomic E-state index is 0.155. The van der Waals surface area contributed by atoms with Crippen molar-refractivity contribution < 1.29 is 4.79 Å². The fourth-order valence-corrected chi connectivity index (χ4v) is 2.97. The van der Waals surface area contributed by atoms with Crippen LogP contribution in [-0.4, -0.2) is 5.78 Å². The van der Waals surface area contributed by atoms with Gasteiger partial charge in [0.05, 0.1) is 0 Å². The van der Waals surface area contributed by atoms with Crippen LogP contribution in [0.3, 0.4) is 0 Å². The van der Waals surface area contributed by atoms with Crippen molar-refractivity contribution in [3.05, 3.63) is 81.8 Å². The van der Waals surface area contributed by atoms with Crippen LogP contribution in [0.1, 0.15) is 21.5 Å². The van der Waals surface area contributed by atoms with Gasteiger partial charge in [-0.3, -0.25) is 4.79 Å². The maximum atomic E-state index is 12.6. The van der Waals surface area contributed by atoms with Crippen LogP contribution >= 0.6 is 15.9 Å². The number of hydrogen-bond acceptors (Lipinski definition) is 1. The highest BCUT2D eigenvalue weighted by molar-refractivity contribution is 9.10. The second-order valence-electron chi connectivity index (χ2n) is 5.23. The van der Waals surface area contributed by atoms with Gasteiger partial charge in [0.1, 0.15) is 0 Å². The van der Waals surface area contributed by atoms with E-state index in [1.165, 1.54) is 5.56 Å². The molecular formula is C19H15BrO. The summed E-state index contributed by atoms with van der Waals surface area (Å²) in [6.07, 6.45) is 0.436. The lowest BCUT2D eigenvalue weighted by molar-refractivity contribution is 0.0994. The average Bonchev–Trinajstić information content (AvgIpc) is 2.50. The first kappa shape index (κ1) is 14.0. The molecule has 0 amide bonds. The predicted molar refractivity (Wildman–Crippen MR) is 90.9 cm³/mol. The van der Waals surface area contributed by atoms with Crippen molar-refractivity contribution in [3.63, 3.8) is 0 Å². The van der Waals surface area contributed by atoms with Gasteiger partial charge in [0, 0.05) is 16.5 Å². The first-order valence-electron chi connectivity index (χ1n) is 6.91. The Hall–Kier alpha value is -1.93. The fourth-order valence-electron chi connectivity index (χ4n) is 2.49. The molecule has 0 saturated heterocycles. The zero-order chi connectivity index (χ0) is 14.8. The van der Waals surface area contributed by atoms with E-state index in [1.54, 1.807) is 0 Å². The summed E-state index contributed by atoms with van der Waals surface area (Å²) in [6.45, 7) is 2.05. The Morgan fingerprint density at radius 1 is 0.905 bits per heavy atom. The lowest BCUT2D eigenvalue weighted by Crippen LogP contribution is -2.04. The number of Topliss-reactive ketones (excluding diaryl/α,β-unsaturated/α-hetero) is 1. The third kappa shape index (κ3) is 2.91. The summed E-state index contributed by atoms with van der Waals surface area (Å²) in [4.78, 5) is 12.6. The standard InChI is InChI=1S/C19H15BrO/c1-13-6-8-14(9-7-13)12-19(21)17-10-11-18(20)16-5-3-2-4-15(16)17/h2-11H,12H2,1H3. The van der Waals surface area contributed by atoms with Crippen molar-refractivity contribution >= 4 is 32.5 Å². The maximum Gasteiger partial charge on any atom is 0.167 e. The second kappa shape index (κ2) is 5.82. The van der Waals surface area contributed by atoms with E-state index < -0.39 is 0 Å². The molecule has 3 aromatic carbocycles. The number of aryl methyl sites for hydroxylation is 1. The van der Waals surface area contributed by atoms with Crippen LogP contribution in [-0.2, 0) is 6.42 Å². The van der Waals surface area contributed by atoms with Gasteiger partial charge in [-0.25, -0.2) is 0 Å². The molecular weight excluding hydrogens is 324 g/mol. The van der Waals surface area contributed by atoms with Crippen molar-refractivity contribution in [2.45, 2.75) is 13.3 Å². The molecule has 0 aliphatic carbocycles. The highest BCUT2D eigenvalue weighted by Crippen LogP contribution is 2.27. The number of ketones is 1. The van der Waals surface area contributed by atoms with Crippen LogP contribution in [0.2, 0.25) is 0 Å². The van der Waals surface area contributed by atoms with Crippen LogP contribution in [0.4, 0.5) is 0 Å². The Kier molecular flexibility index (Phi) is 3.89. The molecule has 0 heterocycles. The van der Waals surface area contributed by atoms with Gasteiger partial charge in [-0.2, -0.15) is 0 Å². The normalized spacial score (nSPS) is 10.8. The molecule has 0 atom stereocenters. The molecule has 21 heavy (non-hydrogen) atoms. The summed E-state index contributed by atoms with van der Waals surface area (Å²) in [5, 5.41) is 2.08. The minimum absolute atomic E-state index is 0.155. The third-order valence-electron chi connectivity index (χ3n) is 3.66. The van der Waals surface area contributed by atoms with Crippen molar-refractivity contribution in [1.82, 2.24) is 0 Å². The van der Waals surface area contributed by atoms with Gasteiger partial charge in [0.25, 0.3) is 0 Å². The minimum Gasteiger partial charge on any atom is -0.294 e. The molecule has 0 spiro atoms. The molecule has 2 heteroatoms. The SMILES string of the molecule is Cc1ccc(CC(=O)c2ccc(Br)c3ccccc23)cc1. The molecule has 0 aromatic heterocycles. The fraction of sp³-hybridized carbons (Fsp3) is 0.105. The summed E-state index contributed by atoms with van der Waals surface area (Å²) in [6, 6.07) is 20.0. The molecule has 3 rings (SSSR count). The number of carbonyl (C=O) groups excluding carboxylic acids is 1. The van der Waals surface area contributed by atoms with Gasteiger partial charge >= 0.3 is 0 Å². The summed E-state index contributed by atoms with van der Waals surface area (Å²) in [5.41, 5.74) is 3.05. The second-order valence-corrected chi connectivity index (χ2v) is 6.08. The smallest absolute Gasteiger partial charge is 0.167 e. The highest BCUT2D eigenvalue weighted by Gasteiger charge is 2.12. The zero-order valence-electron chi connectivity index (χ0n) is 11.8. The van der Waals surface area contributed by atoms with E-state index in [9.17, 15) is 4.79 Å². The lowest BCUT2D eigenvalue weighted by Gasteiger charge is -2.08. The molecule has 0 aliphatic heterocycles. The number of halogens is 1. The Labute approximate surface area is 132 Å². The van der Waals surface area contributed by atoms with E-state index in [2.05, 4.69) is 15.9 Å². The monoisotopic (exact) mass is 338 g/mol. The lowest BCUT2D eigenvalue weighted by atomic mass is 9.97. The Balaban J connectivity index is 1.98. The molecule has 0 aliphatic rings. The zero-order valence-corrected chi connectivity index (χ0v) is 13.4. The van der Waals surface area contributed by atoms with Crippen LogP contribution in [0.25, 0.3) is 10.8 Å². The van der Waals surface area contributed by atoms with E-state index in [-0.39, 0.29) is 5.78 Å². The number of rotatable bonds is 3. The van der Waals surface area contributed by atoms with Gasteiger partial charge in [0.15, 0.2) is 5.78 Å². The van der Waals surface area contributed by atoms with Gasteiger partial charge in [-0.15, -0.1) is 0 Å². The van der Waals surface area contributed by atoms with Crippen LogP contribution in [0.15, 0.2) is 65.1 Å². The molecule has 0 bridgehead atoms. The van der Waals surface area contributed by atoms with Crippen LogP contribution in [0, 0.1) is 6.92 Å². The number of hydrogen-bond donors (Lipinski definition) is 0. The van der Waals surface area contributed by atoms with E-state index >= 15 is 0 Å². The Bertz CT molecular complexity index is 803. The summed E-state index contributed by atoms with van der Waals surface area (Å²) < 4.78 is 1.02. The molecule has 3 aromatic rings. The highest BCUT2D eigenvalue weighted by atomic mass is 79.9. The predicted octanol–water partition coefficient (Wildman–Crippen LogP) is 5.34. The van der Waals surface area contributed by atoms with E-state index in [0.29, 0.717) is 6.42 Å².